The van der Waals surface area contributed by atoms with Crippen LogP contribution in [0.2, 0.25) is 0 Å². The van der Waals surface area contributed by atoms with Gasteiger partial charge in [0.15, 0.2) is 0 Å². The van der Waals surface area contributed by atoms with Crippen LogP contribution in [0, 0.1) is 5.92 Å². The van der Waals surface area contributed by atoms with E-state index in [1.807, 2.05) is 6.92 Å². The summed E-state index contributed by atoms with van der Waals surface area (Å²) in [5.41, 5.74) is 0. The van der Waals surface area contributed by atoms with Crippen LogP contribution < -0.4 is 0 Å². The molecule has 0 saturated heterocycles. The van der Waals surface area contributed by atoms with E-state index in [1.54, 1.807) is 6.92 Å². The summed E-state index contributed by atoms with van der Waals surface area (Å²) in [5, 5.41) is 17.3. The van der Waals surface area contributed by atoms with Crippen LogP contribution in [0.4, 0.5) is 0 Å². The maximum absolute atomic E-state index is 8.87. The summed E-state index contributed by atoms with van der Waals surface area (Å²) in [7, 11) is 0. The van der Waals surface area contributed by atoms with Crippen molar-refractivity contribution in [3.63, 3.8) is 0 Å². The quantitative estimate of drug-likeness (QED) is 0.593. The highest BCUT2D eigenvalue weighted by molar-refractivity contribution is 4.55. The molecule has 0 bridgehead atoms. The monoisotopic (exact) mass is 132 g/mol. The van der Waals surface area contributed by atoms with Gasteiger partial charge in [-0.15, -0.1) is 0 Å². The molecule has 2 atom stereocenters. The molecule has 0 aromatic rings. The van der Waals surface area contributed by atoms with E-state index in [4.69, 9.17) is 10.2 Å². The van der Waals surface area contributed by atoms with Gasteiger partial charge in [0.25, 0.3) is 0 Å². The molecule has 2 unspecified atom stereocenters. The van der Waals surface area contributed by atoms with Crippen LogP contribution in [-0.4, -0.2) is 22.9 Å². The summed E-state index contributed by atoms with van der Waals surface area (Å²) in [4.78, 5) is 0. The van der Waals surface area contributed by atoms with Gasteiger partial charge in [-0.3, -0.25) is 0 Å². The molecule has 0 fully saturated rings. The predicted molar refractivity (Wildman–Crippen MR) is 37.2 cm³/mol. The Hall–Kier alpha value is -0.0800. The van der Waals surface area contributed by atoms with Crippen molar-refractivity contribution in [1.82, 2.24) is 0 Å². The molecule has 2 nitrogen and oxygen atoms in total. The number of rotatable bonds is 4. The SMILES string of the molecule is CC(O)CC(C)CCO. The topological polar surface area (TPSA) is 40.5 Å². The zero-order valence-electron chi connectivity index (χ0n) is 6.17. The molecule has 2 heteroatoms. The fourth-order valence-corrected chi connectivity index (χ4v) is 0.921. The van der Waals surface area contributed by atoms with Crippen molar-refractivity contribution >= 4 is 0 Å². The van der Waals surface area contributed by atoms with Crippen molar-refractivity contribution in [2.24, 2.45) is 5.92 Å². The Bertz CT molecular complexity index is 61.9. The second kappa shape index (κ2) is 4.77. The first-order chi connectivity index (χ1) is 4.16. The van der Waals surface area contributed by atoms with E-state index < -0.39 is 0 Å². The van der Waals surface area contributed by atoms with E-state index in [-0.39, 0.29) is 12.7 Å². The maximum Gasteiger partial charge on any atom is 0.0514 e. The van der Waals surface area contributed by atoms with Gasteiger partial charge in [0, 0.05) is 6.61 Å². The summed E-state index contributed by atoms with van der Waals surface area (Å²) >= 11 is 0. The third-order valence-corrected chi connectivity index (χ3v) is 1.37. The number of hydrogen-bond acceptors (Lipinski definition) is 2. The van der Waals surface area contributed by atoms with E-state index in [1.165, 1.54) is 0 Å². The van der Waals surface area contributed by atoms with Gasteiger partial charge >= 0.3 is 0 Å². The van der Waals surface area contributed by atoms with Crippen LogP contribution >= 0.6 is 0 Å². The summed E-state index contributed by atoms with van der Waals surface area (Å²) in [6.07, 6.45) is 1.36. The van der Waals surface area contributed by atoms with Crippen molar-refractivity contribution < 1.29 is 10.2 Å². The lowest BCUT2D eigenvalue weighted by Crippen LogP contribution is -2.08. The normalized spacial score (nSPS) is 17.3. The summed E-state index contributed by atoms with van der Waals surface area (Å²) < 4.78 is 0. The minimum Gasteiger partial charge on any atom is -0.396 e. The lowest BCUT2D eigenvalue weighted by molar-refractivity contribution is 0.152. The summed E-state index contributed by atoms with van der Waals surface area (Å²) in [6, 6.07) is 0. The van der Waals surface area contributed by atoms with Crippen molar-refractivity contribution in [2.75, 3.05) is 6.61 Å². The van der Waals surface area contributed by atoms with E-state index in [0.717, 1.165) is 12.8 Å². The molecule has 0 aliphatic rings. The van der Waals surface area contributed by atoms with Gasteiger partial charge in [0.2, 0.25) is 0 Å². The van der Waals surface area contributed by atoms with Gasteiger partial charge in [-0.2, -0.15) is 0 Å². The van der Waals surface area contributed by atoms with Crippen molar-refractivity contribution in [3.05, 3.63) is 0 Å². The van der Waals surface area contributed by atoms with E-state index in [0.29, 0.717) is 5.92 Å². The minimum absolute atomic E-state index is 0.230. The lowest BCUT2D eigenvalue weighted by atomic mass is 10.0. The molecule has 0 aliphatic carbocycles. The number of aliphatic hydroxyl groups is 2. The average Bonchev–Trinajstić information content (AvgIpc) is 1.63. The van der Waals surface area contributed by atoms with E-state index in [9.17, 15) is 0 Å². The maximum atomic E-state index is 8.87. The van der Waals surface area contributed by atoms with Gasteiger partial charge in [-0.1, -0.05) is 6.92 Å². The molecular weight excluding hydrogens is 116 g/mol. The number of hydrogen-bond donors (Lipinski definition) is 2. The van der Waals surface area contributed by atoms with E-state index >= 15 is 0 Å². The fourth-order valence-electron chi connectivity index (χ4n) is 0.921. The molecule has 0 aliphatic heterocycles. The molecule has 0 amide bonds. The molecule has 56 valence electrons. The molecule has 0 spiro atoms. The second-order valence-electron chi connectivity index (χ2n) is 2.70. The molecular formula is C7H16O2. The molecule has 0 aromatic heterocycles. The Labute approximate surface area is 56.5 Å². The van der Waals surface area contributed by atoms with Gasteiger partial charge in [-0.25, -0.2) is 0 Å². The predicted octanol–water partition coefficient (Wildman–Crippen LogP) is 0.776. The second-order valence-corrected chi connectivity index (χ2v) is 2.70. The summed E-state index contributed by atoms with van der Waals surface area (Å²) in [6.45, 7) is 4.03. The third kappa shape index (κ3) is 5.80. The largest absolute Gasteiger partial charge is 0.396 e. The van der Waals surface area contributed by atoms with Gasteiger partial charge in [0.05, 0.1) is 6.10 Å². The first kappa shape index (κ1) is 8.92. The van der Waals surface area contributed by atoms with Crippen LogP contribution in [0.25, 0.3) is 0 Å². The van der Waals surface area contributed by atoms with Gasteiger partial charge < -0.3 is 10.2 Å². The van der Waals surface area contributed by atoms with Crippen LogP contribution in [0.15, 0.2) is 0 Å². The highest BCUT2D eigenvalue weighted by Gasteiger charge is 2.03. The highest BCUT2D eigenvalue weighted by atomic mass is 16.3. The Morgan fingerprint density at radius 3 is 2.22 bits per heavy atom. The number of aliphatic hydroxyl groups excluding tert-OH is 2. The highest BCUT2D eigenvalue weighted by Crippen LogP contribution is 2.08. The Balaban J connectivity index is 3.15. The first-order valence-electron chi connectivity index (χ1n) is 3.45. The Morgan fingerprint density at radius 2 is 1.89 bits per heavy atom. The Morgan fingerprint density at radius 1 is 1.33 bits per heavy atom. The molecule has 9 heavy (non-hydrogen) atoms. The van der Waals surface area contributed by atoms with Crippen LogP contribution in [0.5, 0.6) is 0 Å². The fraction of sp³-hybridized carbons (Fsp3) is 1.00. The van der Waals surface area contributed by atoms with Gasteiger partial charge in [0.1, 0.15) is 0 Å². The van der Waals surface area contributed by atoms with Crippen molar-refractivity contribution in [3.8, 4) is 0 Å². The van der Waals surface area contributed by atoms with Crippen LogP contribution in [0.1, 0.15) is 26.7 Å². The van der Waals surface area contributed by atoms with Gasteiger partial charge in [-0.05, 0) is 25.7 Å². The standard InChI is InChI=1S/C7H16O2/c1-6(3-4-8)5-7(2)9/h6-9H,3-5H2,1-2H3. The van der Waals surface area contributed by atoms with Crippen molar-refractivity contribution in [1.29, 1.82) is 0 Å². The molecule has 0 saturated carbocycles. The molecule has 0 radical (unpaired) electrons. The average molecular weight is 132 g/mol. The third-order valence-electron chi connectivity index (χ3n) is 1.37. The summed E-state index contributed by atoms with van der Waals surface area (Å²) in [5.74, 6) is 0.440. The first-order valence-corrected chi connectivity index (χ1v) is 3.45. The van der Waals surface area contributed by atoms with E-state index in [2.05, 4.69) is 0 Å². The molecule has 2 N–H and O–H groups in total. The molecule has 0 rings (SSSR count). The molecule has 0 heterocycles. The van der Waals surface area contributed by atoms with Crippen molar-refractivity contribution in [2.45, 2.75) is 32.8 Å². The van der Waals surface area contributed by atoms with Crippen LogP contribution in [-0.2, 0) is 0 Å². The smallest absolute Gasteiger partial charge is 0.0514 e. The van der Waals surface area contributed by atoms with Crippen LogP contribution in [0.3, 0.4) is 0 Å². The zero-order chi connectivity index (χ0) is 7.28. The zero-order valence-corrected chi connectivity index (χ0v) is 6.17. The Kier molecular flexibility index (Phi) is 4.72. The lowest BCUT2D eigenvalue weighted by Gasteiger charge is -2.10. The molecule has 0 aromatic carbocycles. The minimum atomic E-state index is -0.230.